The molecular weight excluding hydrogens is 442 g/mol. The van der Waals surface area contributed by atoms with Crippen molar-refractivity contribution in [2.75, 3.05) is 32.0 Å². The molecule has 1 amide bonds. The van der Waals surface area contributed by atoms with E-state index in [0.717, 1.165) is 59.7 Å². The van der Waals surface area contributed by atoms with Crippen LogP contribution in [0.4, 0.5) is 5.82 Å². The first-order valence-corrected chi connectivity index (χ1v) is 12.8. The van der Waals surface area contributed by atoms with Gasteiger partial charge in [0.15, 0.2) is 5.65 Å². The second kappa shape index (κ2) is 9.54. The molecule has 35 heavy (non-hydrogen) atoms. The summed E-state index contributed by atoms with van der Waals surface area (Å²) in [7, 11) is 0. The number of nitrogens with one attached hydrogen (secondary N) is 1. The Morgan fingerprint density at radius 2 is 1.91 bits per heavy atom. The molecular formula is C26H33N7O2. The lowest BCUT2D eigenvalue weighted by molar-refractivity contribution is -0.132. The van der Waals surface area contributed by atoms with Crippen molar-refractivity contribution in [3.05, 3.63) is 36.2 Å². The van der Waals surface area contributed by atoms with Crippen LogP contribution in [-0.2, 0) is 16.1 Å². The third kappa shape index (κ3) is 4.62. The minimum absolute atomic E-state index is 0.0423. The number of ether oxygens (including phenoxy) is 1. The highest BCUT2D eigenvalue weighted by molar-refractivity contribution is 5.98. The van der Waals surface area contributed by atoms with Crippen LogP contribution in [0.2, 0.25) is 0 Å². The molecule has 2 aliphatic carbocycles. The van der Waals surface area contributed by atoms with Crippen molar-refractivity contribution in [3.63, 3.8) is 0 Å². The Balaban J connectivity index is 1.17. The largest absolute Gasteiger partial charge is 0.383 e. The Bertz CT molecular complexity index is 1200. The molecule has 2 aromatic heterocycles. The number of carbonyl (C=O) groups excluding carboxylic acids is 1. The van der Waals surface area contributed by atoms with Crippen LogP contribution in [0.25, 0.3) is 22.3 Å². The van der Waals surface area contributed by atoms with E-state index in [-0.39, 0.29) is 11.9 Å². The van der Waals surface area contributed by atoms with Gasteiger partial charge in [-0.1, -0.05) is 37.1 Å². The Morgan fingerprint density at radius 1 is 1.11 bits per heavy atom. The van der Waals surface area contributed by atoms with Gasteiger partial charge in [0.2, 0.25) is 5.91 Å². The van der Waals surface area contributed by atoms with E-state index in [4.69, 9.17) is 15.6 Å². The van der Waals surface area contributed by atoms with Crippen molar-refractivity contribution in [1.29, 1.82) is 0 Å². The minimum atomic E-state index is -0.197. The molecule has 0 bridgehead atoms. The van der Waals surface area contributed by atoms with E-state index in [9.17, 15) is 4.79 Å². The van der Waals surface area contributed by atoms with Gasteiger partial charge in [-0.15, -0.1) is 0 Å². The van der Waals surface area contributed by atoms with Gasteiger partial charge in [0, 0.05) is 25.2 Å². The van der Waals surface area contributed by atoms with Crippen LogP contribution < -0.4 is 11.1 Å². The number of aromatic nitrogens is 4. The van der Waals surface area contributed by atoms with Crippen LogP contribution in [0.3, 0.4) is 0 Å². The molecule has 3 N–H and O–H groups in total. The Kier molecular flexibility index (Phi) is 6.12. The zero-order valence-electron chi connectivity index (χ0n) is 20.0. The van der Waals surface area contributed by atoms with Crippen LogP contribution in [0.5, 0.6) is 0 Å². The molecule has 1 saturated heterocycles. The van der Waals surface area contributed by atoms with Crippen LogP contribution in [0.1, 0.15) is 50.1 Å². The minimum Gasteiger partial charge on any atom is -0.383 e. The monoisotopic (exact) mass is 475 g/mol. The molecule has 9 heteroatoms. The van der Waals surface area contributed by atoms with Gasteiger partial charge in [0.25, 0.3) is 0 Å². The summed E-state index contributed by atoms with van der Waals surface area (Å²) >= 11 is 0. The summed E-state index contributed by atoms with van der Waals surface area (Å²) in [6.07, 6.45) is 8.74. The average Bonchev–Trinajstić information content (AvgIpc) is 3.37. The van der Waals surface area contributed by atoms with Crippen molar-refractivity contribution < 1.29 is 9.53 Å². The average molecular weight is 476 g/mol. The Labute approximate surface area is 205 Å². The molecule has 0 radical (unpaired) electrons. The number of fused-ring (bicyclic) bond motifs is 1. The first-order chi connectivity index (χ1) is 17.2. The summed E-state index contributed by atoms with van der Waals surface area (Å²) in [4.78, 5) is 23.9. The van der Waals surface area contributed by atoms with Crippen LogP contribution in [0, 0.1) is 5.92 Å². The lowest BCUT2D eigenvalue weighted by Gasteiger charge is -2.34. The van der Waals surface area contributed by atoms with E-state index in [0.29, 0.717) is 31.6 Å². The van der Waals surface area contributed by atoms with Crippen molar-refractivity contribution in [3.8, 4) is 11.3 Å². The number of carbonyl (C=O) groups is 1. The van der Waals surface area contributed by atoms with E-state index in [1.54, 1.807) is 0 Å². The van der Waals surface area contributed by atoms with E-state index >= 15 is 0 Å². The number of amides is 1. The summed E-state index contributed by atoms with van der Waals surface area (Å²) in [5, 5.41) is 8.87. The van der Waals surface area contributed by atoms with E-state index in [1.807, 2.05) is 28.9 Å². The standard InChI is InChI=1S/C26H33N7O2/c27-24-22-23(31-33(20-3-1-2-4-20)25(22)30-16-29-24)19-9-7-17(8-10-19)13-28-26(34)21-15-35-12-11-32(21)14-18-5-6-18/h7-10,16,18,20-21H,1-6,11-15H2,(H,28,34)(H2,27,29,30). The van der Waals surface area contributed by atoms with Gasteiger partial charge in [0.1, 0.15) is 23.9 Å². The van der Waals surface area contributed by atoms with Gasteiger partial charge in [0.05, 0.1) is 24.6 Å². The number of hydrogen-bond donors (Lipinski definition) is 2. The lowest BCUT2D eigenvalue weighted by atomic mass is 10.1. The van der Waals surface area contributed by atoms with Gasteiger partial charge in [-0.2, -0.15) is 5.10 Å². The summed E-state index contributed by atoms with van der Waals surface area (Å²) < 4.78 is 7.65. The maximum absolute atomic E-state index is 12.9. The number of nitrogens with zero attached hydrogens (tertiary/aromatic N) is 5. The Hall–Kier alpha value is -3.04. The second-order valence-electron chi connectivity index (χ2n) is 10.1. The fourth-order valence-corrected chi connectivity index (χ4v) is 5.42. The number of nitrogen functional groups attached to an aromatic ring is 1. The summed E-state index contributed by atoms with van der Waals surface area (Å²) in [6.45, 7) is 3.49. The molecule has 3 heterocycles. The van der Waals surface area contributed by atoms with Crippen molar-refractivity contribution in [2.45, 2.75) is 57.2 Å². The van der Waals surface area contributed by atoms with Gasteiger partial charge in [-0.25, -0.2) is 14.6 Å². The number of rotatable bonds is 7. The highest BCUT2D eigenvalue weighted by Gasteiger charge is 2.33. The van der Waals surface area contributed by atoms with Crippen molar-refractivity contribution in [2.24, 2.45) is 5.92 Å². The number of anilines is 1. The highest BCUT2D eigenvalue weighted by Crippen LogP contribution is 2.36. The molecule has 9 nitrogen and oxygen atoms in total. The Morgan fingerprint density at radius 3 is 2.69 bits per heavy atom. The molecule has 3 fully saturated rings. The molecule has 184 valence electrons. The fraction of sp³-hybridized carbons (Fsp3) is 0.538. The number of hydrogen-bond acceptors (Lipinski definition) is 7. The summed E-state index contributed by atoms with van der Waals surface area (Å²) in [5.74, 6) is 1.25. The van der Waals surface area contributed by atoms with Crippen LogP contribution in [-0.4, -0.2) is 62.9 Å². The maximum Gasteiger partial charge on any atom is 0.240 e. The molecule has 1 aromatic carbocycles. The quantitative estimate of drug-likeness (QED) is 0.540. The molecule has 0 spiro atoms. The third-order valence-electron chi connectivity index (χ3n) is 7.61. The molecule has 2 saturated carbocycles. The zero-order valence-corrected chi connectivity index (χ0v) is 20.0. The van der Waals surface area contributed by atoms with Crippen LogP contribution >= 0.6 is 0 Å². The van der Waals surface area contributed by atoms with Gasteiger partial charge in [-0.05, 0) is 37.2 Å². The molecule has 3 aromatic rings. The summed E-state index contributed by atoms with van der Waals surface area (Å²) in [6, 6.07) is 8.32. The topological polar surface area (TPSA) is 111 Å². The van der Waals surface area contributed by atoms with Crippen molar-refractivity contribution >= 4 is 22.8 Å². The van der Waals surface area contributed by atoms with E-state index in [2.05, 4.69) is 20.2 Å². The number of nitrogens with two attached hydrogens (primary N) is 1. The van der Waals surface area contributed by atoms with Crippen molar-refractivity contribution in [1.82, 2.24) is 30.0 Å². The predicted molar refractivity (Wildman–Crippen MR) is 133 cm³/mol. The fourth-order valence-electron chi connectivity index (χ4n) is 5.42. The van der Waals surface area contributed by atoms with Crippen LogP contribution in [0.15, 0.2) is 30.6 Å². The first-order valence-electron chi connectivity index (χ1n) is 12.8. The van der Waals surface area contributed by atoms with E-state index < -0.39 is 0 Å². The maximum atomic E-state index is 12.9. The normalized spacial score (nSPS) is 21.5. The molecule has 1 unspecified atom stereocenters. The van der Waals surface area contributed by atoms with Gasteiger partial charge in [-0.3, -0.25) is 9.69 Å². The molecule has 1 aliphatic heterocycles. The third-order valence-corrected chi connectivity index (χ3v) is 7.61. The summed E-state index contributed by atoms with van der Waals surface area (Å²) in [5.41, 5.74) is 9.90. The smallest absolute Gasteiger partial charge is 0.240 e. The molecule has 1 atom stereocenters. The molecule has 3 aliphatic rings. The zero-order chi connectivity index (χ0) is 23.8. The second-order valence-corrected chi connectivity index (χ2v) is 10.1. The van der Waals surface area contributed by atoms with E-state index in [1.165, 1.54) is 32.0 Å². The lowest BCUT2D eigenvalue weighted by Crippen LogP contribution is -2.54. The highest BCUT2D eigenvalue weighted by atomic mass is 16.5. The van der Waals surface area contributed by atoms with Gasteiger partial charge < -0.3 is 15.8 Å². The van der Waals surface area contributed by atoms with Gasteiger partial charge >= 0.3 is 0 Å². The SMILES string of the molecule is Nc1ncnc2c1c(-c1ccc(CNC(=O)C3COCCN3CC3CC3)cc1)nn2C1CCCC1. The number of benzene rings is 1. The molecule has 6 rings (SSSR count). The first kappa shape index (κ1) is 22.4. The number of morpholine rings is 1. The predicted octanol–water partition coefficient (Wildman–Crippen LogP) is 2.92.